The fraction of sp³-hybridized carbons (Fsp3) is 0.130. The van der Waals surface area contributed by atoms with Gasteiger partial charge in [-0.2, -0.15) is 4.99 Å². The van der Waals surface area contributed by atoms with Crippen LogP contribution in [0.25, 0.3) is 10.9 Å². The molecule has 4 aromatic rings. The van der Waals surface area contributed by atoms with E-state index in [-0.39, 0.29) is 12.1 Å². The summed E-state index contributed by atoms with van der Waals surface area (Å²) in [5.41, 5.74) is 2.99. The molecule has 2 aromatic heterocycles. The average molecular weight is 384 g/mol. The minimum Gasteiger partial charge on any atom is -0.328 e. The molecule has 4 rings (SSSR count). The number of fused-ring (bicyclic) bond motifs is 1. The van der Waals surface area contributed by atoms with Crippen LogP contribution in [0.1, 0.15) is 11.1 Å². The third-order valence-electron chi connectivity index (χ3n) is 4.71. The number of hydrogen-bond donors (Lipinski definition) is 0. The van der Waals surface area contributed by atoms with Crippen LogP contribution in [0, 0.1) is 6.92 Å². The normalized spacial score (nSPS) is 11.7. The van der Waals surface area contributed by atoms with Crippen molar-refractivity contribution in [3.8, 4) is 0 Å². The van der Waals surface area contributed by atoms with Crippen LogP contribution in [0.3, 0.4) is 0 Å². The van der Waals surface area contributed by atoms with Crippen molar-refractivity contribution in [3.05, 3.63) is 106 Å². The minimum absolute atomic E-state index is 0.157. The molecule has 2 heterocycles. The third-order valence-corrected chi connectivity index (χ3v) is 4.71. The van der Waals surface area contributed by atoms with Crippen molar-refractivity contribution in [1.29, 1.82) is 0 Å². The maximum Gasteiger partial charge on any atom is 0.267 e. The molecule has 6 heteroatoms. The average Bonchev–Trinajstić information content (AvgIpc) is 2.73. The Bertz CT molecular complexity index is 1300. The molecule has 0 saturated heterocycles. The predicted molar refractivity (Wildman–Crippen MR) is 111 cm³/mol. The molecule has 1 amide bonds. The van der Waals surface area contributed by atoms with E-state index in [9.17, 15) is 9.59 Å². The fourth-order valence-corrected chi connectivity index (χ4v) is 3.24. The molecule has 0 saturated carbocycles. The van der Waals surface area contributed by atoms with E-state index >= 15 is 0 Å². The zero-order valence-electron chi connectivity index (χ0n) is 16.0. The lowest BCUT2D eigenvalue weighted by Gasteiger charge is -2.08. The van der Waals surface area contributed by atoms with Crippen molar-refractivity contribution < 1.29 is 4.79 Å². The van der Waals surface area contributed by atoms with E-state index in [1.54, 1.807) is 12.1 Å². The quantitative estimate of drug-likeness (QED) is 0.543. The first-order valence-corrected chi connectivity index (χ1v) is 9.33. The number of aromatic nitrogens is 3. The Hall–Kier alpha value is -3.80. The Labute approximate surface area is 167 Å². The highest BCUT2D eigenvalue weighted by atomic mass is 16.2. The molecule has 0 aliphatic rings. The van der Waals surface area contributed by atoms with Crippen LogP contribution in [-0.2, 0) is 17.9 Å². The van der Waals surface area contributed by atoms with Crippen molar-refractivity contribution in [2.45, 2.75) is 20.0 Å². The highest BCUT2D eigenvalue weighted by Crippen LogP contribution is 2.11. The minimum atomic E-state index is -0.408. The number of para-hydroxylation sites is 1. The lowest BCUT2D eigenvalue weighted by Crippen LogP contribution is -2.27. The van der Waals surface area contributed by atoms with E-state index in [0.717, 1.165) is 11.1 Å². The number of benzene rings is 2. The number of hydrogen-bond acceptors (Lipinski definition) is 3. The first kappa shape index (κ1) is 18.6. The van der Waals surface area contributed by atoms with Crippen molar-refractivity contribution in [1.82, 2.24) is 14.1 Å². The molecule has 29 heavy (non-hydrogen) atoms. The number of rotatable bonds is 4. The Morgan fingerprint density at radius 3 is 2.59 bits per heavy atom. The van der Waals surface area contributed by atoms with Gasteiger partial charge < -0.3 is 4.57 Å². The number of nitrogens with zero attached hydrogens (tertiary/aromatic N) is 4. The number of amides is 1. The van der Waals surface area contributed by atoms with E-state index in [1.807, 2.05) is 72.3 Å². The summed E-state index contributed by atoms with van der Waals surface area (Å²) < 4.78 is 3.20. The SMILES string of the molecule is Cc1cccc2c(=O)n(CC(=O)N=c3ccccn3Cc3ccccc3)cnc12. The molecule has 0 aliphatic carbocycles. The van der Waals surface area contributed by atoms with Gasteiger partial charge in [0.05, 0.1) is 17.2 Å². The van der Waals surface area contributed by atoms with E-state index in [2.05, 4.69) is 9.98 Å². The molecule has 0 radical (unpaired) electrons. The van der Waals surface area contributed by atoms with Gasteiger partial charge in [0.15, 0.2) is 0 Å². The molecule has 0 fully saturated rings. The zero-order chi connectivity index (χ0) is 20.2. The van der Waals surface area contributed by atoms with Crippen LogP contribution in [0.4, 0.5) is 0 Å². The van der Waals surface area contributed by atoms with Gasteiger partial charge in [0.1, 0.15) is 12.0 Å². The summed E-state index contributed by atoms with van der Waals surface area (Å²) in [7, 11) is 0. The van der Waals surface area contributed by atoms with Gasteiger partial charge >= 0.3 is 0 Å². The molecule has 144 valence electrons. The van der Waals surface area contributed by atoms with Gasteiger partial charge in [-0.3, -0.25) is 14.2 Å². The van der Waals surface area contributed by atoms with Gasteiger partial charge in [0, 0.05) is 12.7 Å². The van der Waals surface area contributed by atoms with Gasteiger partial charge in [-0.1, -0.05) is 48.5 Å². The Morgan fingerprint density at radius 2 is 1.76 bits per heavy atom. The van der Waals surface area contributed by atoms with Crippen LogP contribution in [-0.4, -0.2) is 20.0 Å². The van der Waals surface area contributed by atoms with E-state index < -0.39 is 5.91 Å². The van der Waals surface area contributed by atoms with Crippen molar-refractivity contribution in [2.75, 3.05) is 0 Å². The Balaban J connectivity index is 1.64. The molecular formula is C23H20N4O2. The molecule has 2 aromatic carbocycles. The maximum absolute atomic E-state index is 12.7. The number of pyridine rings is 1. The largest absolute Gasteiger partial charge is 0.328 e. The van der Waals surface area contributed by atoms with Gasteiger partial charge in [-0.25, -0.2) is 4.98 Å². The van der Waals surface area contributed by atoms with Crippen LogP contribution >= 0.6 is 0 Å². The fourth-order valence-electron chi connectivity index (χ4n) is 3.24. The predicted octanol–water partition coefficient (Wildman–Crippen LogP) is 2.68. The second-order valence-electron chi connectivity index (χ2n) is 6.83. The summed E-state index contributed by atoms with van der Waals surface area (Å²) in [4.78, 5) is 33.8. The lowest BCUT2D eigenvalue weighted by atomic mass is 10.1. The van der Waals surface area contributed by atoms with Gasteiger partial charge in [-0.05, 0) is 36.2 Å². The number of carbonyl (C=O) groups is 1. The van der Waals surface area contributed by atoms with Crippen molar-refractivity contribution in [3.63, 3.8) is 0 Å². The standard InChI is InChI=1S/C23H20N4O2/c1-17-8-7-11-19-22(17)24-16-27(23(19)29)15-21(28)25-20-12-5-6-13-26(20)14-18-9-3-2-4-10-18/h2-13,16H,14-15H2,1H3. The zero-order valence-corrected chi connectivity index (χ0v) is 16.0. The maximum atomic E-state index is 12.7. The van der Waals surface area contributed by atoms with E-state index in [0.29, 0.717) is 22.9 Å². The second kappa shape index (κ2) is 8.06. The highest BCUT2D eigenvalue weighted by Gasteiger charge is 2.09. The van der Waals surface area contributed by atoms with Gasteiger partial charge in [0.25, 0.3) is 11.5 Å². The van der Waals surface area contributed by atoms with Crippen LogP contribution in [0.15, 0.2) is 89.0 Å². The van der Waals surface area contributed by atoms with Gasteiger partial charge in [0.2, 0.25) is 0 Å². The smallest absolute Gasteiger partial charge is 0.267 e. The number of aryl methyl sites for hydroxylation is 1. The molecule has 0 spiro atoms. The highest BCUT2D eigenvalue weighted by molar-refractivity contribution is 5.81. The molecular weight excluding hydrogens is 364 g/mol. The van der Waals surface area contributed by atoms with E-state index in [4.69, 9.17) is 0 Å². The Kier molecular flexibility index (Phi) is 5.16. The van der Waals surface area contributed by atoms with E-state index in [1.165, 1.54) is 10.9 Å². The van der Waals surface area contributed by atoms with Crippen molar-refractivity contribution in [2.24, 2.45) is 4.99 Å². The summed E-state index contributed by atoms with van der Waals surface area (Å²) in [6.07, 6.45) is 3.29. The van der Waals surface area contributed by atoms with Crippen LogP contribution in [0.2, 0.25) is 0 Å². The van der Waals surface area contributed by atoms with Crippen LogP contribution in [0.5, 0.6) is 0 Å². The molecule has 0 N–H and O–H groups in total. The molecule has 0 bridgehead atoms. The first-order chi connectivity index (χ1) is 14.1. The summed E-state index contributed by atoms with van der Waals surface area (Å²) in [6.45, 7) is 2.35. The first-order valence-electron chi connectivity index (χ1n) is 9.33. The molecule has 0 aliphatic heterocycles. The second-order valence-corrected chi connectivity index (χ2v) is 6.83. The number of carbonyl (C=O) groups excluding carboxylic acids is 1. The lowest BCUT2D eigenvalue weighted by molar-refractivity contribution is -0.118. The molecule has 6 nitrogen and oxygen atoms in total. The summed E-state index contributed by atoms with van der Waals surface area (Å²) in [5, 5.41) is 0.499. The van der Waals surface area contributed by atoms with Crippen LogP contribution < -0.4 is 11.0 Å². The summed E-state index contributed by atoms with van der Waals surface area (Å²) >= 11 is 0. The molecule has 0 unspecified atom stereocenters. The Morgan fingerprint density at radius 1 is 0.966 bits per heavy atom. The monoisotopic (exact) mass is 384 g/mol. The topological polar surface area (TPSA) is 69.2 Å². The summed E-state index contributed by atoms with van der Waals surface area (Å²) in [6, 6.07) is 20.9. The van der Waals surface area contributed by atoms with Crippen molar-refractivity contribution >= 4 is 16.8 Å². The third kappa shape index (κ3) is 4.06. The van der Waals surface area contributed by atoms with Gasteiger partial charge in [-0.15, -0.1) is 0 Å². The summed E-state index contributed by atoms with van der Waals surface area (Å²) in [5.74, 6) is -0.408. The molecule has 0 atom stereocenters.